The second-order valence-corrected chi connectivity index (χ2v) is 6.55. The van der Waals surface area contributed by atoms with E-state index in [4.69, 9.17) is 4.74 Å². The lowest BCUT2D eigenvalue weighted by Crippen LogP contribution is -2.49. The first-order chi connectivity index (χ1) is 11.2. The molecule has 5 heteroatoms. The van der Waals surface area contributed by atoms with Gasteiger partial charge in [0.1, 0.15) is 0 Å². The molecule has 0 spiro atoms. The topological polar surface area (TPSA) is 45.7 Å². The Morgan fingerprint density at radius 1 is 1.39 bits per heavy atom. The summed E-state index contributed by atoms with van der Waals surface area (Å²) in [5.74, 6) is 0.286. The molecule has 1 aromatic rings. The Labute approximate surface area is 138 Å². The molecule has 1 amide bonds. The molecule has 126 valence electrons. The van der Waals surface area contributed by atoms with Crippen molar-refractivity contribution in [2.45, 2.75) is 44.8 Å². The van der Waals surface area contributed by atoms with Gasteiger partial charge in [0.15, 0.2) is 0 Å². The van der Waals surface area contributed by atoms with Crippen LogP contribution < -0.4 is 0 Å². The lowest BCUT2D eigenvalue weighted by Gasteiger charge is -2.38. The van der Waals surface area contributed by atoms with Crippen molar-refractivity contribution >= 4 is 5.91 Å². The van der Waals surface area contributed by atoms with E-state index in [1.807, 2.05) is 17.2 Å². The van der Waals surface area contributed by atoms with Crippen LogP contribution in [0.2, 0.25) is 0 Å². The first-order valence-corrected chi connectivity index (χ1v) is 8.77. The maximum atomic E-state index is 12.3. The highest BCUT2D eigenvalue weighted by molar-refractivity contribution is 5.76. The summed E-state index contributed by atoms with van der Waals surface area (Å²) in [4.78, 5) is 21.0. The predicted octanol–water partition coefficient (Wildman–Crippen LogP) is 2.25. The molecule has 3 rings (SSSR count). The van der Waals surface area contributed by atoms with E-state index in [0.717, 1.165) is 52.0 Å². The fraction of sp³-hybridized carbons (Fsp3) is 0.667. The van der Waals surface area contributed by atoms with Gasteiger partial charge in [0.05, 0.1) is 6.10 Å². The molecule has 0 radical (unpaired) electrons. The molecule has 2 aliphatic rings. The standard InChI is InChI=1S/C18H27N3O2/c1-15(16-4-2-8-19-14-16)20-9-11-21(12-10-20)18(22)7-6-17-5-3-13-23-17/h2,4,8,14-15,17H,3,5-7,9-13H2,1H3/t15-,17+/m1/s1. The Morgan fingerprint density at radius 3 is 2.87 bits per heavy atom. The van der Waals surface area contributed by atoms with Gasteiger partial charge in [-0.3, -0.25) is 14.7 Å². The van der Waals surface area contributed by atoms with E-state index in [1.165, 1.54) is 5.56 Å². The summed E-state index contributed by atoms with van der Waals surface area (Å²) in [5.41, 5.74) is 1.24. The predicted molar refractivity (Wildman–Crippen MR) is 89.0 cm³/mol. The van der Waals surface area contributed by atoms with Gasteiger partial charge in [-0.1, -0.05) is 6.07 Å². The minimum Gasteiger partial charge on any atom is -0.378 e. The zero-order valence-electron chi connectivity index (χ0n) is 14.0. The number of amides is 1. The Balaban J connectivity index is 1.43. The summed E-state index contributed by atoms with van der Waals surface area (Å²) in [6, 6.07) is 4.46. The average Bonchev–Trinajstić information content (AvgIpc) is 3.13. The molecule has 0 aromatic carbocycles. The number of rotatable bonds is 5. The number of ether oxygens (including phenoxy) is 1. The molecule has 0 N–H and O–H groups in total. The molecular weight excluding hydrogens is 290 g/mol. The third kappa shape index (κ3) is 4.30. The number of hydrogen-bond donors (Lipinski definition) is 0. The Morgan fingerprint density at radius 2 is 2.22 bits per heavy atom. The largest absolute Gasteiger partial charge is 0.378 e. The smallest absolute Gasteiger partial charge is 0.222 e. The SMILES string of the molecule is C[C@H](c1cccnc1)N1CCN(C(=O)CC[C@@H]2CCCO2)CC1. The number of nitrogens with zero attached hydrogens (tertiary/aromatic N) is 3. The number of carbonyl (C=O) groups excluding carboxylic acids is 1. The van der Waals surface area contributed by atoms with Crippen molar-refractivity contribution in [2.75, 3.05) is 32.8 Å². The Bertz CT molecular complexity index is 494. The third-order valence-corrected chi connectivity index (χ3v) is 5.09. The summed E-state index contributed by atoms with van der Waals surface area (Å²) in [5, 5.41) is 0. The Hall–Kier alpha value is -1.46. The van der Waals surface area contributed by atoms with Gasteiger partial charge in [-0.2, -0.15) is 0 Å². The van der Waals surface area contributed by atoms with Gasteiger partial charge in [-0.15, -0.1) is 0 Å². The van der Waals surface area contributed by atoms with Crippen molar-refractivity contribution < 1.29 is 9.53 Å². The van der Waals surface area contributed by atoms with Crippen LogP contribution in [0.5, 0.6) is 0 Å². The molecule has 0 bridgehead atoms. The maximum absolute atomic E-state index is 12.3. The highest BCUT2D eigenvalue weighted by Gasteiger charge is 2.25. The third-order valence-electron chi connectivity index (χ3n) is 5.09. The quantitative estimate of drug-likeness (QED) is 0.835. The molecule has 23 heavy (non-hydrogen) atoms. The molecule has 0 unspecified atom stereocenters. The molecular formula is C18H27N3O2. The molecule has 2 fully saturated rings. The van der Waals surface area contributed by atoms with Crippen LogP contribution in [0, 0.1) is 0 Å². The van der Waals surface area contributed by atoms with Crippen LogP contribution in [0.15, 0.2) is 24.5 Å². The molecule has 3 heterocycles. The molecule has 2 atom stereocenters. The van der Waals surface area contributed by atoms with E-state index in [2.05, 4.69) is 22.9 Å². The van der Waals surface area contributed by atoms with E-state index < -0.39 is 0 Å². The van der Waals surface area contributed by atoms with Crippen molar-refractivity contribution in [1.29, 1.82) is 0 Å². The van der Waals surface area contributed by atoms with Crippen molar-refractivity contribution in [3.05, 3.63) is 30.1 Å². The maximum Gasteiger partial charge on any atom is 0.222 e. The van der Waals surface area contributed by atoms with Crippen LogP contribution >= 0.6 is 0 Å². The molecule has 0 saturated carbocycles. The van der Waals surface area contributed by atoms with Gasteiger partial charge >= 0.3 is 0 Å². The molecule has 2 saturated heterocycles. The first kappa shape index (κ1) is 16.4. The van der Waals surface area contributed by atoms with Gasteiger partial charge in [-0.05, 0) is 37.8 Å². The van der Waals surface area contributed by atoms with Crippen LogP contribution in [0.1, 0.15) is 44.2 Å². The fourth-order valence-electron chi connectivity index (χ4n) is 3.51. The molecule has 1 aromatic heterocycles. The van der Waals surface area contributed by atoms with E-state index in [0.29, 0.717) is 18.6 Å². The van der Waals surface area contributed by atoms with Crippen molar-refractivity contribution in [3.63, 3.8) is 0 Å². The average molecular weight is 317 g/mol. The lowest BCUT2D eigenvalue weighted by atomic mass is 10.1. The minimum absolute atomic E-state index is 0.286. The number of hydrogen-bond acceptors (Lipinski definition) is 4. The van der Waals surface area contributed by atoms with E-state index >= 15 is 0 Å². The van der Waals surface area contributed by atoms with Crippen LogP contribution in [-0.4, -0.2) is 59.6 Å². The fourth-order valence-corrected chi connectivity index (χ4v) is 3.51. The second kappa shape index (κ2) is 7.88. The van der Waals surface area contributed by atoms with Crippen molar-refractivity contribution in [1.82, 2.24) is 14.8 Å². The molecule has 5 nitrogen and oxygen atoms in total. The summed E-state index contributed by atoms with van der Waals surface area (Å²) in [6.45, 7) is 6.60. The zero-order valence-corrected chi connectivity index (χ0v) is 14.0. The van der Waals surface area contributed by atoms with Gasteiger partial charge in [0, 0.05) is 57.6 Å². The van der Waals surface area contributed by atoms with Crippen LogP contribution in [0.4, 0.5) is 0 Å². The van der Waals surface area contributed by atoms with E-state index in [9.17, 15) is 4.79 Å². The number of pyridine rings is 1. The normalized spacial score (nSPS) is 23.9. The van der Waals surface area contributed by atoms with Crippen molar-refractivity contribution in [2.24, 2.45) is 0 Å². The van der Waals surface area contributed by atoms with Gasteiger partial charge in [0.2, 0.25) is 5.91 Å². The van der Waals surface area contributed by atoms with Gasteiger partial charge in [0.25, 0.3) is 0 Å². The number of piperazine rings is 1. The zero-order chi connectivity index (χ0) is 16.1. The second-order valence-electron chi connectivity index (χ2n) is 6.55. The van der Waals surface area contributed by atoms with Crippen LogP contribution in [0.3, 0.4) is 0 Å². The summed E-state index contributed by atoms with van der Waals surface area (Å²) >= 11 is 0. The summed E-state index contributed by atoms with van der Waals surface area (Å²) in [7, 11) is 0. The summed E-state index contributed by atoms with van der Waals surface area (Å²) in [6.07, 6.45) is 7.82. The van der Waals surface area contributed by atoms with E-state index in [-0.39, 0.29) is 5.91 Å². The number of aromatic nitrogens is 1. The van der Waals surface area contributed by atoms with Crippen LogP contribution in [0.25, 0.3) is 0 Å². The first-order valence-electron chi connectivity index (χ1n) is 8.77. The Kier molecular flexibility index (Phi) is 5.62. The van der Waals surface area contributed by atoms with E-state index in [1.54, 1.807) is 6.20 Å². The molecule has 0 aliphatic carbocycles. The van der Waals surface area contributed by atoms with Crippen LogP contribution in [-0.2, 0) is 9.53 Å². The van der Waals surface area contributed by atoms with Crippen molar-refractivity contribution in [3.8, 4) is 0 Å². The van der Waals surface area contributed by atoms with Gasteiger partial charge < -0.3 is 9.64 Å². The van der Waals surface area contributed by atoms with Gasteiger partial charge in [-0.25, -0.2) is 0 Å². The monoisotopic (exact) mass is 317 g/mol. The summed E-state index contributed by atoms with van der Waals surface area (Å²) < 4.78 is 5.60. The highest BCUT2D eigenvalue weighted by atomic mass is 16.5. The highest BCUT2D eigenvalue weighted by Crippen LogP contribution is 2.22. The lowest BCUT2D eigenvalue weighted by molar-refractivity contribution is -0.133. The number of carbonyl (C=O) groups is 1. The molecule has 2 aliphatic heterocycles. The minimum atomic E-state index is 0.286.